The van der Waals surface area contributed by atoms with E-state index < -0.39 is 5.97 Å². The van der Waals surface area contributed by atoms with Crippen molar-refractivity contribution in [3.05, 3.63) is 107 Å². The molecule has 0 atom stereocenters. The number of piperazine rings is 1. The van der Waals surface area contributed by atoms with Crippen LogP contribution in [0.1, 0.15) is 37.4 Å². The summed E-state index contributed by atoms with van der Waals surface area (Å²) in [6.07, 6.45) is 1.48. The molecule has 0 bridgehead atoms. The molecule has 0 aromatic heterocycles. The first-order valence-electron chi connectivity index (χ1n) is 11.3. The van der Waals surface area contributed by atoms with Crippen molar-refractivity contribution in [2.75, 3.05) is 26.2 Å². The number of aromatic carboxylic acids is 1. The van der Waals surface area contributed by atoms with Gasteiger partial charge >= 0.3 is 5.97 Å². The average molecular weight is 457 g/mol. The van der Waals surface area contributed by atoms with Crippen LogP contribution in [0, 0.1) is 0 Å². The van der Waals surface area contributed by atoms with Crippen LogP contribution < -0.4 is 5.43 Å². The van der Waals surface area contributed by atoms with Gasteiger partial charge in [-0.1, -0.05) is 54.6 Å². The maximum Gasteiger partial charge on any atom is 0.335 e. The third kappa shape index (κ3) is 6.60. The van der Waals surface area contributed by atoms with Crippen LogP contribution in [0.5, 0.6) is 0 Å². The van der Waals surface area contributed by atoms with E-state index in [1.165, 1.54) is 29.5 Å². The summed E-state index contributed by atoms with van der Waals surface area (Å²) in [5, 5.41) is 12.9. The summed E-state index contributed by atoms with van der Waals surface area (Å²) in [6.45, 7) is 6.01. The number of nitrogens with zero attached hydrogens (tertiary/aromatic N) is 3. The minimum Gasteiger partial charge on any atom is -0.478 e. The Hall–Kier alpha value is -3.81. The van der Waals surface area contributed by atoms with Gasteiger partial charge in [0.1, 0.15) is 0 Å². The number of hydrogen-bond acceptors (Lipinski definition) is 5. The minimum absolute atomic E-state index is 0.204. The molecule has 3 aromatic rings. The Kier molecular flexibility index (Phi) is 7.80. The molecule has 1 saturated heterocycles. The van der Waals surface area contributed by atoms with Gasteiger partial charge in [-0.05, 0) is 41.0 Å². The van der Waals surface area contributed by atoms with Crippen molar-refractivity contribution in [3.8, 4) is 0 Å². The molecule has 34 heavy (non-hydrogen) atoms. The zero-order chi connectivity index (χ0) is 23.8. The Morgan fingerprint density at radius 1 is 0.765 bits per heavy atom. The molecule has 0 aliphatic carbocycles. The number of nitrogens with one attached hydrogen (secondary N) is 1. The van der Waals surface area contributed by atoms with E-state index in [0.717, 1.165) is 39.3 Å². The summed E-state index contributed by atoms with van der Waals surface area (Å²) in [5.41, 5.74) is 6.48. The molecule has 1 aliphatic heterocycles. The smallest absolute Gasteiger partial charge is 0.335 e. The van der Waals surface area contributed by atoms with Crippen molar-refractivity contribution in [1.82, 2.24) is 15.2 Å². The predicted octanol–water partition coefficient (Wildman–Crippen LogP) is 3.47. The fraction of sp³-hybridized carbons (Fsp3) is 0.222. The molecule has 1 heterocycles. The molecule has 0 spiro atoms. The van der Waals surface area contributed by atoms with Gasteiger partial charge in [0.15, 0.2) is 0 Å². The molecule has 7 heteroatoms. The van der Waals surface area contributed by atoms with Gasteiger partial charge in [0, 0.05) is 44.8 Å². The minimum atomic E-state index is -0.981. The highest BCUT2D eigenvalue weighted by Gasteiger charge is 2.17. The SMILES string of the molecule is O=C(O)c1ccc(/C=N\NC(=O)c2ccc(CN3CCN(Cc4ccccc4)CC3)cc2)cc1. The lowest BCUT2D eigenvalue weighted by Gasteiger charge is -2.34. The van der Waals surface area contributed by atoms with Gasteiger partial charge in [-0.15, -0.1) is 0 Å². The zero-order valence-corrected chi connectivity index (χ0v) is 18.9. The summed E-state index contributed by atoms with van der Waals surface area (Å²) in [7, 11) is 0. The standard InChI is InChI=1S/C27H28N4O3/c32-26(29-28-18-21-6-12-25(13-7-21)27(33)34)24-10-8-23(9-11-24)20-31-16-14-30(15-17-31)19-22-4-2-1-3-5-22/h1-13,18H,14-17,19-20H2,(H,29,32)(H,33,34)/b28-18-. The normalized spacial score (nSPS) is 14.8. The van der Waals surface area contributed by atoms with Crippen LogP contribution >= 0.6 is 0 Å². The largest absolute Gasteiger partial charge is 0.478 e. The first-order chi connectivity index (χ1) is 16.6. The van der Waals surface area contributed by atoms with E-state index in [1.807, 2.05) is 30.3 Å². The number of amides is 1. The van der Waals surface area contributed by atoms with Gasteiger partial charge in [-0.2, -0.15) is 5.10 Å². The third-order valence-electron chi connectivity index (χ3n) is 5.87. The Bertz CT molecular complexity index is 1120. The highest BCUT2D eigenvalue weighted by atomic mass is 16.4. The Morgan fingerprint density at radius 2 is 1.29 bits per heavy atom. The van der Waals surface area contributed by atoms with E-state index in [1.54, 1.807) is 12.1 Å². The van der Waals surface area contributed by atoms with Crippen molar-refractivity contribution in [1.29, 1.82) is 0 Å². The van der Waals surface area contributed by atoms with Crippen LogP contribution in [0.2, 0.25) is 0 Å². The van der Waals surface area contributed by atoms with E-state index in [9.17, 15) is 9.59 Å². The van der Waals surface area contributed by atoms with E-state index in [0.29, 0.717) is 11.1 Å². The van der Waals surface area contributed by atoms with Crippen LogP contribution in [-0.4, -0.2) is 59.2 Å². The maximum atomic E-state index is 12.3. The summed E-state index contributed by atoms with van der Waals surface area (Å²) >= 11 is 0. The lowest BCUT2D eigenvalue weighted by Crippen LogP contribution is -2.45. The lowest BCUT2D eigenvalue weighted by molar-refractivity contribution is 0.0696. The van der Waals surface area contributed by atoms with Gasteiger partial charge in [-0.25, -0.2) is 10.2 Å². The molecule has 0 saturated carbocycles. The van der Waals surface area contributed by atoms with Gasteiger partial charge in [-0.3, -0.25) is 14.6 Å². The Labute approximate surface area is 199 Å². The number of carboxylic acid groups (broad SMARTS) is 1. The van der Waals surface area contributed by atoms with Crippen molar-refractivity contribution >= 4 is 18.1 Å². The zero-order valence-electron chi connectivity index (χ0n) is 18.9. The van der Waals surface area contributed by atoms with Crippen molar-refractivity contribution in [2.45, 2.75) is 13.1 Å². The average Bonchev–Trinajstić information content (AvgIpc) is 2.86. The topological polar surface area (TPSA) is 85.2 Å². The number of hydrogen-bond donors (Lipinski definition) is 2. The molecule has 2 N–H and O–H groups in total. The van der Waals surface area contributed by atoms with Crippen molar-refractivity contribution in [3.63, 3.8) is 0 Å². The second kappa shape index (κ2) is 11.4. The fourth-order valence-electron chi connectivity index (χ4n) is 3.91. The molecule has 4 rings (SSSR count). The molecule has 1 fully saturated rings. The van der Waals surface area contributed by atoms with Crippen LogP contribution in [-0.2, 0) is 13.1 Å². The molecule has 174 valence electrons. The Morgan fingerprint density at radius 3 is 1.85 bits per heavy atom. The quantitative estimate of drug-likeness (QED) is 0.401. The molecular weight excluding hydrogens is 428 g/mol. The summed E-state index contributed by atoms with van der Waals surface area (Å²) in [5.74, 6) is -1.27. The molecular formula is C27H28N4O3. The van der Waals surface area contributed by atoms with Crippen LogP contribution in [0.25, 0.3) is 0 Å². The predicted molar refractivity (Wildman–Crippen MR) is 132 cm³/mol. The molecule has 3 aromatic carbocycles. The molecule has 0 radical (unpaired) electrons. The summed E-state index contributed by atoms with van der Waals surface area (Å²) in [4.78, 5) is 28.2. The number of carbonyl (C=O) groups is 2. The highest BCUT2D eigenvalue weighted by Crippen LogP contribution is 2.12. The molecule has 1 aliphatic rings. The summed E-state index contributed by atoms with van der Waals surface area (Å²) in [6, 6.07) is 24.4. The van der Waals surface area contributed by atoms with Gasteiger partial charge in [0.2, 0.25) is 0 Å². The second-order valence-corrected chi connectivity index (χ2v) is 8.36. The van der Waals surface area contributed by atoms with Crippen LogP contribution in [0.3, 0.4) is 0 Å². The van der Waals surface area contributed by atoms with Crippen molar-refractivity contribution in [2.24, 2.45) is 5.10 Å². The number of carboxylic acids is 1. The summed E-state index contributed by atoms with van der Waals surface area (Å²) < 4.78 is 0. The van der Waals surface area contributed by atoms with Gasteiger partial charge < -0.3 is 5.11 Å². The van der Waals surface area contributed by atoms with Gasteiger partial charge in [0.05, 0.1) is 11.8 Å². The Balaban J connectivity index is 1.22. The molecule has 0 unspecified atom stereocenters. The van der Waals surface area contributed by atoms with E-state index >= 15 is 0 Å². The van der Waals surface area contributed by atoms with Crippen LogP contribution in [0.15, 0.2) is 84.0 Å². The number of benzene rings is 3. The number of rotatable bonds is 8. The first-order valence-corrected chi connectivity index (χ1v) is 11.3. The highest BCUT2D eigenvalue weighted by molar-refractivity contribution is 5.95. The molecule has 7 nitrogen and oxygen atoms in total. The monoisotopic (exact) mass is 456 g/mol. The van der Waals surface area contributed by atoms with E-state index in [4.69, 9.17) is 5.11 Å². The van der Waals surface area contributed by atoms with Crippen LogP contribution in [0.4, 0.5) is 0 Å². The second-order valence-electron chi connectivity index (χ2n) is 8.36. The van der Waals surface area contributed by atoms with E-state index in [-0.39, 0.29) is 11.5 Å². The first kappa shape index (κ1) is 23.4. The fourth-order valence-corrected chi connectivity index (χ4v) is 3.91. The van der Waals surface area contributed by atoms with E-state index in [2.05, 4.69) is 44.6 Å². The maximum absolute atomic E-state index is 12.3. The molecule has 1 amide bonds. The number of hydrazone groups is 1. The third-order valence-corrected chi connectivity index (χ3v) is 5.87. The number of carbonyl (C=O) groups excluding carboxylic acids is 1. The lowest BCUT2D eigenvalue weighted by atomic mass is 10.1. The van der Waals surface area contributed by atoms with Crippen molar-refractivity contribution < 1.29 is 14.7 Å². The van der Waals surface area contributed by atoms with Gasteiger partial charge in [0.25, 0.3) is 5.91 Å².